The lowest BCUT2D eigenvalue weighted by atomic mass is 9.77. The summed E-state index contributed by atoms with van der Waals surface area (Å²) in [6, 6.07) is 7.82. The molecule has 2 aromatic rings. The van der Waals surface area contributed by atoms with Crippen molar-refractivity contribution in [3.05, 3.63) is 29.3 Å². The number of fused-ring (bicyclic) bond motifs is 1. The Morgan fingerprint density at radius 3 is 2.74 bits per heavy atom. The van der Waals surface area contributed by atoms with Gasteiger partial charge < -0.3 is 5.32 Å². The summed E-state index contributed by atoms with van der Waals surface area (Å²) < 4.78 is 1.15. The van der Waals surface area contributed by atoms with E-state index in [1.54, 1.807) is 11.3 Å². The van der Waals surface area contributed by atoms with Gasteiger partial charge in [-0.25, -0.2) is 14.7 Å². The Balaban J connectivity index is 1.47. The van der Waals surface area contributed by atoms with E-state index >= 15 is 0 Å². The molecule has 0 bridgehead atoms. The maximum absolute atomic E-state index is 13.0. The first-order chi connectivity index (χ1) is 12.9. The van der Waals surface area contributed by atoms with Crippen LogP contribution in [-0.4, -0.2) is 46.0 Å². The lowest BCUT2D eigenvalue weighted by Crippen LogP contribution is -2.50. The van der Waals surface area contributed by atoms with Crippen molar-refractivity contribution in [1.82, 2.24) is 20.1 Å². The topological polar surface area (TPSA) is 65.5 Å². The van der Waals surface area contributed by atoms with Crippen LogP contribution in [0, 0.1) is 5.92 Å². The SMILES string of the molecule is CC1CCC2(CC1)NC(=O)N(CN(C)C(C)c1nc3ccccc3s1)C2=O. The number of nitrogens with one attached hydrogen (secondary N) is 1. The van der Waals surface area contributed by atoms with Gasteiger partial charge in [0.05, 0.1) is 22.9 Å². The second-order valence-electron chi connectivity index (χ2n) is 8.02. The molecule has 1 N–H and O–H groups in total. The van der Waals surface area contributed by atoms with Gasteiger partial charge in [-0.3, -0.25) is 9.69 Å². The average molecular weight is 387 g/mol. The van der Waals surface area contributed by atoms with Crippen molar-refractivity contribution >= 4 is 33.5 Å². The Morgan fingerprint density at radius 1 is 1.33 bits per heavy atom. The van der Waals surface area contributed by atoms with Gasteiger partial charge in [0.1, 0.15) is 10.5 Å². The number of rotatable bonds is 4. The normalized spacial score (nSPS) is 27.0. The molecule has 1 aromatic carbocycles. The Bertz CT molecular complexity index is 839. The number of para-hydroxylation sites is 1. The van der Waals surface area contributed by atoms with Gasteiger partial charge in [-0.05, 0) is 57.7 Å². The molecule has 1 aliphatic carbocycles. The molecule has 4 rings (SSSR count). The highest BCUT2D eigenvalue weighted by Crippen LogP contribution is 2.37. The van der Waals surface area contributed by atoms with Crippen molar-refractivity contribution in [1.29, 1.82) is 0 Å². The van der Waals surface area contributed by atoms with E-state index in [2.05, 4.69) is 25.2 Å². The standard InChI is InChI=1S/C20H26N4O2S/c1-13-8-10-20(11-9-13)18(25)24(19(26)22-20)12-23(3)14(2)17-21-15-6-4-5-7-16(15)27-17/h4-7,13-14H,8-12H2,1-3H3,(H,22,26). The van der Waals surface area contributed by atoms with Crippen LogP contribution in [0.15, 0.2) is 24.3 Å². The zero-order valence-corrected chi connectivity index (χ0v) is 16.9. The number of imide groups is 1. The summed E-state index contributed by atoms with van der Waals surface area (Å²) in [5.41, 5.74) is 0.312. The Morgan fingerprint density at radius 2 is 2.04 bits per heavy atom. The molecule has 2 aliphatic rings. The first-order valence-corrected chi connectivity index (χ1v) is 10.4. The van der Waals surface area contributed by atoms with E-state index in [-0.39, 0.29) is 24.6 Å². The van der Waals surface area contributed by atoms with Crippen molar-refractivity contribution in [3.8, 4) is 0 Å². The molecule has 1 aliphatic heterocycles. The molecular formula is C20H26N4O2S. The monoisotopic (exact) mass is 386 g/mol. The van der Waals surface area contributed by atoms with Crippen LogP contribution in [-0.2, 0) is 4.79 Å². The van der Waals surface area contributed by atoms with Crippen molar-refractivity contribution < 1.29 is 9.59 Å². The molecule has 1 saturated carbocycles. The highest BCUT2D eigenvalue weighted by atomic mass is 32.1. The first kappa shape index (κ1) is 18.4. The predicted octanol–water partition coefficient (Wildman–Crippen LogP) is 3.75. The van der Waals surface area contributed by atoms with Crippen LogP contribution in [0.5, 0.6) is 0 Å². The summed E-state index contributed by atoms with van der Waals surface area (Å²) in [5.74, 6) is 0.554. The van der Waals surface area contributed by atoms with Crippen LogP contribution in [0.2, 0.25) is 0 Å². The second-order valence-corrected chi connectivity index (χ2v) is 9.08. The number of carbonyl (C=O) groups excluding carboxylic acids is 2. The molecule has 1 unspecified atom stereocenters. The van der Waals surface area contributed by atoms with Crippen LogP contribution in [0.3, 0.4) is 0 Å². The average Bonchev–Trinajstić information content (AvgIpc) is 3.19. The molecule has 6 nitrogen and oxygen atoms in total. The zero-order valence-electron chi connectivity index (χ0n) is 16.1. The molecule has 144 valence electrons. The van der Waals surface area contributed by atoms with Gasteiger partial charge in [0.2, 0.25) is 0 Å². The van der Waals surface area contributed by atoms with E-state index in [1.165, 1.54) is 4.90 Å². The number of hydrogen-bond acceptors (Lipinski definition) is 5. The van der Waals surface area contributed by atoms with Gasteiger partial charge in [0, 0.05) is 0 Å². The molecule has 1 saturated heterocycles. The lowest BCUT2D eigenvalue weighted by molar-refractivity contribution is -0.134. The largest absolute Gasteiger partial charge is 0.326 e. The lowest BCUT2D eigenvalue weighted by Gasteiger charge is -2.34. The van der Waals surface area contributed by atoms with Gasteiger partial charge in [-0.1, -0.05) is 19.1 Å². The van der Waals surface area contributed by atoms with Crippen LogP contribution >= 0.6 is 11.3 Å². The second kappa shape index (κ2) is 6.87. The summed E-state index contributed by atoms with van der Waals surface area (Å²) in [6.07, 6.45) is 3.45. The summed E-state index contributed by atoms with van der Waals surface area (Å²) in [6.45, 7) is 4.55. The van der Waals surface area contributed by atoms with E-state index in [0.717, 1.165) is 40.9 Å². The predicted molar refractivity (Wildman–Crippen MR) is 106 cm³/mol. The van der Waals surface area contributed by atoms with Gasteiger partial charge in [-0.15, -0.1) is 11.3 Å². The van der Waals surface area contributed by atoms with E-state index in [4.69, 9.17) is 4.98 Å². The minimum Gasteiger partial charge on any atom is -0.323 e. The van der Waals surface area contributed by atoms with Gasteiger partial charge in [0.15, 0.2) is 0 Å². The van der Waals surface area contributed by atoms with Crippen LogP contribution in [0.1, 0.15) is 50.6 Å². The van der Waals surface area contributed by atoms with E-state index in [9.17, 15) is 9.59 Å². The third-order valence-electron chi connectivity index (χ3n) is 6.07. The number of hydrogen-bond donors (Lipinski definition) is 1. The number of carbonyl (C=O) groups is 2. The molecule has 2 heterocycles. The number of thiazole rings is 1. The van der Waals surface area contributed by atoms with Crippen LogP contribution in [0.4, 0.5) is 4.79 Å². The molecule has 27 heavy (non-hydrogen) atoms. The highest BCUT2D eigenvalue weighted by molar-refractivity contribution is 7.18. The molecular weight excluding hydrogens is 360 g/mol. The fourth-order valence-corrected chi connectivity index (χ4v) is 5.09. The van der Waals surface area contributed by atoms with Crippen molar-refractivity contribution in [2.45, 2.75) is 51.1 Å². The quantitative estimate of drug-likeness (QED) is 0.813. The Hall–Kier alpha value is -1.99. The molecule has 1 atom stereocenters. The van der Waals surface area contributed by atoms with Crippen molar-refractivity contribution in [2.24, 2.45) is 5.92 Å². The maximum atomic E-state index is 13.0. The van der Waals surface area contributed by atoms with E-state index in [1.807, 2.05) is 30.1 Å². The molecule has 1 aromatic heterocycles. The maximum Gasteiger partial charge on any atom is 0.326 e. The number of benzene rings is 1. The summed E-state index contributed by atoms with van der Waals surface area (Å²) in [5, 5.41) is 3.99. The number of amides is 3. The highest BCUT2D eigenvalue weighted by Gasteiger charge is 2.52. The van der Waals surface area contributed by atoms with Crippen molar-refractivity contribution in [3.63, 3.8) is 0 Å². The summed E-state index contributed by atoms with van der Waals surface area (Å²) in [4.78, 5) is 33.7. The molecule has 3 amide bonds. The fraction of sp³-hybridized carbons (Fsp3) is 0.550. The smallest absolute Gasteiger partial charge is 0.323 e. The molecule has 0 radical (unpaired) electrons. The third-order valence-corrected chi connectivity index (χ3v) is 7.27. The fourth-order valence-electron chi connectivity index (χ4n) is 4.00. The molecule has 7 heteroatoms. The van der Waals surface area contributed by atoms with Crippen LogP contribution in [0.25, 0.3) is 10.2 Å². The van der Waals surface area contributed by atoms with Crippen molar-refractivity contribution in [2.75, 3.05) is 13.7 Å². The Kier molecular flexibility index (Phi) is 4.68. The minimum absolute atomic E-state index is 0.0194. The van der Waals surface area contributed by atoms with Gasteiger partial charge >= 0.3 is 6.03 Å². The molecule has 2 fully saturated rings. The number of urea groups is 1. The van der Waals surface area contributed by atoms with E-state index < -0.39 is 5.54 Å². The van der Waals surface area contributed by atoms with E-state index in [0.29, 0.717) is 5.92 Å². The first-order valence-electron chi connectivity index (χ1n) is 9.59. The number of aromatic nitrogens is 1. The van der Waals surface area contributed by atoms with Gasteiger partial charge in [0.25, 0.3) is 5.91 Å². The summed E-state index contributed by atoms with van der Waals surface area (Å²) >= 11 is 1.66. The van der Waals surface area contributed by atoms with Gasteiger partial charge in [-0.2, -0.15) is 0 Å². The zero-order chi connectivity index (χ0) is 19.2. The Labute approximate surface area is 163 Å². The molecule has 1 spiro atoms. The van der Waals surface area contributed by atoms with Crippen LogP contribution < -0.4 is 5.32 Å². The third kappa shape index (κ3) is 3.23. The summed E-state index contributed by atoms with van der Waals surface area (Å²) in [7, 11) is 1.94. The number of nitrogens with zero attached hydrogens (tertiary/aromatic N) is 3. The minimum atomic E-state index is -0.677.